The SMILES string of the molecule is CC(N[C]=O)c1ccc2ccccc2c1. The minimum absolute atomic E-state index is 0.00658. The molecule has 0 aliphatic heterocycles. The molecular weight excluding hydrogens is 186 g/mol. The highest BCUT2D eigenvalue weighted by atomic mass is 16.1. The molecule has 15 heavy (non-hydrogen) atoms. The van der Waals surface area contributed by atoms with E-state index in [9.17, 15) is 4.79 Å². The van der Waals surface area contributed by atoms with Gasteiger partial charge in [0, 0.05) is 0 Å². The van der Waals surface area contributed by atoms with Gasteiger partial charge < -0.3 is 5.32 Å². The molecule has 1 N–H and O–H groups in total. The Balaban J connectivity index is 2.42. The van der Waals surface area contributed by atoms with E-state index in [0.29, 0.717) is 0 Å². The Bertz CT molecular complexity index is 479. The molecule has 0 bridgehead atoms. The van der Waals surface area contributed by atoms with Crippen LogP contribution in [-0.4, -0.2) is 6.41 Å². The van der Waals surface area contributed by atoms with E-state index in [4.69, 9.17) is 0 Å². The van der Waals surface area contributed by atoms with Crippen LogP contribution in [0.1, 0.15) is 18.5 Å². The molecule has 2 heteroatoms. The van der Waals surface area contributed by atoms with Crippen LogP contribution in [-0.2, 0) is 4.79 Å². The molecule has 1 amide bonds. The Hall–Kier alpha value is -1.83. The largest absolute Gasteiger partial charge is 0.341 e. The van der Waals surface area contributed by atoms with Gasteiger partial charge >= 0.3 is 6.41 Å². The van der Waals surface area contributed by atoms with Gasteiger partial charge in [0.2, 0.25) is 0 Å². The lowest BCUT2D eigenvalue weighted by Gasteiger charge is -2.10. The van der Waals surface area contributed by atoms with Gasteiger partial charge in [-0.3, -0.25) is 4.79 Å². The fourth-order valence-corrected chi connectivity index (χ4v) is 1.65. The van der Waals surface area contributed by atoms with Crippen LogP contribution < -0.4 is 5.32 Å². The van der Waals surface area contributed by atoms with Gasteiger partial charge in [-0.15, -0.1) is 0 Å². The molecule has 0 saturated heterocycles. The zero-order valence-corrected chi connectivity index (χ0v) is 8.53. The van der Waals surface area contributed by atoms with Crippen LogP contribution in [0.25, 0.3) is 10.8 Å². The van der Waals surface area contributed by atoms with Gasteiger partial charge in [0.05, 0.1) is 6.04 Å². The standard InChI is InChI=1S/C13H12NO/c1-10(14-9-15)12-7-6-11-4-2-3-5-13(11)8-12/h2-8,10H,1H3,(H,14,15). The zero-order valence-electron chi connectivity index (χ0n) is 8.53. The normalized spacial score (nSPS) is 12.3. The summed E-state index contributed by atoms with van der Waals surface area (Å²) in [6.07, 6.45) is 1.71. The third-order valence-electron chi connectivity index (χ3n) is 2.55. The van der Waals surface area contributed by atoms with Crippen molar-refractivity contribution >= 4 is 17.2 Å². The summed E-state index contributed by atoms with van der Waals surface area (Å²) >= 11 is 0. The van der Waals surface area contributed by atoms with Gasteiger partial charge in [0.1, 0.15) is 0 Å². The number of nitrogens with one attached hydrogen (secondary N) is 1. The van der Waals surface area contributed by atoms with E-state index in [1.165, 1.54) is 10.8 Å². The lowest BCUT2D eigenvalue weighted by atomic mass is 10.0. The minimum atomic E-state index is 0.00658. The first-order chi connectivity index (χ1) is 7.31. The van der Waals surface area contributed by atoms with Crippen molar-refractivity contribution in [3.05, 3.63) is 48.0 Å². The number of hydrogen-bond acceptors (Lipinski definition) is 1. The van der Waals surface area contributed by atoms with Crippen LogP contribution in [0.2, 0.25) is 0 Å². The third-order valence-corrected chi connectivity index (χ3v) is 2.55. The second-order valence-electron chi connectivity index (χ2n) is 3.57. The van der Waals surface area contributed by atoms with Crippen LogP contribution in [0.5, 0.6) is 0 Å². The lowest BCUT2D eigenvalue weighted by Crippen LogP contribution is -2.15. The van der Waals surface area contributed by atoms with Gasteiger partial charge in [-0.1, -0.05) is 36.4 Å². The maximum atomic E-state index is 10.2. The van der Waals surface area contributed by atoms with E-state index in [1.807, 2.05) is 25.1 Å². The first kappa shape index (κ1) is 9.71. The second-order valence-corrected chi connectivity index (χ2v) is 3.57. The quantitative estimate of drug-likeness (QED) is 0.754. The average Bonchev–Trinajstić information content (AvgIpc) is 2.29. The van der Waals surface area contributed by atoms with Crippen LogP contribution in [0.4, 0.5) is 0 Å². The van der Waals surface area contributed by atoms with Crippen LogP contribution in [0.3, 0.4) is 0 Å². The van der Waals surface area contributed by atoms with Gasteiger partial charge in [-0.2, -0.15) is 0 Å². The van der Waals surface area contributed by atoms with Crippen molar-refractivity contribution in [2.45, 2.75) is 13.0 Å². The van der Waals surface area contributed by atoms with Crippen molar-refractivity contribution in [2.75, 3.05) is 0 Å². The molecule has 0 aliphatic rings. The van der Waals surface area contributed by atoms with Gasteiger partial charge in [-0.05, 0) is 29.3 Å². The Labute approximate surface area is 88.9 Å². The molecule has 2 nitrogen and oxygen atoms in total. The highest BCUT2D eigenvalue weighted by Gasteiger charge is 2.04. The number of amides is 1. The number of fused-ring (bicyclic) bond motifs is 1. The molecule has 1 atom stereocenters. The zero-order chi connectivity index (χ0) is 10.7. The van der Waals surface area contributed by atoms with Gasteiger partial charge in [-0.25, -0.2) is 0 Å². The summed E-state index contributed by atoms with van der Waals surface area (Å²) in [5, 5.41) is 5.02. The van der Waals surface area contributed by atoms with Crippen molar-refractivity contribution in [2.24, 2.45) is 0 Å². The highest BCUT2D eigenvalue weighted by Crippen LogP contribution is 2.19. The molecule has 1 unspecified atom stereocenters. The summed E-state index contributed by atoms with van der Waals surface area (Å²) in [5.41, 5.74) is 1.09. The Morgan fingerprint density at radius 2 is 1.87 bits per heavy atom. The molecule has 0 heterocycles. The lowest BCUT2D eigenvalue weighted by molar-refractivity contribution is 0.529. The summed E-state index contributed by atoms with van der Waals surface area (Å²) in [7, 11) is 0. The predicted molar refractivity (Wildman–Crippen MR) is 61.2 cm³/mol. The Morgan fingerprint density at radius 3 is 2.60 bits per heavy atom. The van der Waals surface area contributed by atoms with Gasteiger partial charge in [0.15, 0.2) is 0 Å². The fraction of sp³-hybridized carbons (Fsp3) is 0.154. The average molecular weight is 198 g/mol. The molecule has 2 aromatic carbocycles. The summed E-state index contributed by atoms with van der Waals surface area (Å²) < 4.78 is 0. The summed E-state index contributed by atoms with van der Waals surface area (Å²) in [6, 6.07) is 14.3. The maximum absolute atomic E-state index is 10.2. The van der Waals surface area contributed by atoms with Crippen molar-refractivity contribution < 1.29 is 4.79 Å². The molecule has 75 valence electrons. The van der Waals surface area contributed by atoms with E-state index < -0.39 is 0 Å². The van der Waals surface area contributed by atoms with E-state index >= 15 is 0 Å². The molecule has 0 spiro atoms. The van der Waals surface area contributed by atoms with Crippen LogP contribution >= 0.6 is 0 Å². The number of hydrogen-bond donors (Lipinski definition) is 1. The maximum Gasteiger partial charge on any atom is 0.309 e. The Morgan fingerprint density at radius 1 is 1.13 bits per heavy atom. The van der Waals surface area contributed by atoms with Crippen molar-refractivity contribution in [1.29, 1.82) is 0 Å². The summed E-state index contributed by atoms with van der Waals surface area (Å²) in [4.78, 5) is 10.2. The van der Waals surface area contributed by atoms with Crippen LogP contribution in [0, 0.1) is 0 Å². The van der Waals surface area contributed by atoms with E-state index in [1.54, 1.807) is 6.41 Å². The van der Waals surface area contributed by atoms with E-state index in [0.717, 1.165) is 5.56 Å². The number of benzene rings is 2. The molecular formula is C13H12NO. The van der Waals surface area contributed by atoms with Crippen LogP contribution in [0.15, 0.2) is 42.5 Å². The minimum Gasteiger partial charge on any atom is -0.341 e. The summed E-state index contributed by atoms with van der Waals surface area (Å²) in [6.45, 7) is 1.94. The second kappa shape index (κ2) is 4.13. The predicted octanol–water partition coefficient (Wildman–Crippen LogP) is 2.56. The smallest absolute Gasteiger partial charge is 0.309 e. The molecule has 0 aliphatic carbocycles. The number of rotatable bonds is 3. The first-order valence-corrected chi connectivity index (χ1v) is 4.92. The molecule has 0 saturated carbocycles. The molecule has 0 fully saturated rings. The molecule has 1 radical (unpaired) electrons. The van der Waals surface area contributed by atoms with E-state index in [2.05, 4.69) is 29.6 Å². The fourth-order valence-electron chi connectivity index (χ4n) is 1.65. The van der Waals surface area contributed by atoms with Crippen molar-refractivity contribution in [1.82, 2.24) is 5.32 Å². The topological polar surface area (TPSA) is 29.1 Å². The molecule has 2 rings (SSSR count). The first-order valence-electron chi connectivity index (χ1n) is 4.92. The van der Waals surface area contributed by atoms with Crippen molar-refractivity contribution in [3.8, 4) is 0 Å². The third kappa shape index (κ3) is 1.99. The summed E-state index contributed by atoms with van der Waals surface area (Å²) in [5.74, 6) is 0. The molecule has 0 aromatic heterocycles. The van der Waals surface area contributed by atoms with E-state index in [-0.39, 0.29) is 6.04 Å². The Kier molecular flexibility index (Phi) is 2.68. The highest BCUT2D eigenvalue weighted by molar-refractivity contribution is 5.83. The van der Waals surface area contributed by atoms with Crippen molar-refractivity contribution in [3.63, 3.8) is 0 Å². The number of carbonyl (C=O) groups excluding carboxylic acids is 1. The van der Waals surface area contributed by atoms with Gasteiger partial charge in [0.25, 0.3) is 0 Å². The monoisotopic (exact) mass is 198 g/mol. The molecule has 2 aromatic rings.